The first-order valence-corrected chi connectivity index (χ1v) is 28.0. The maximum Gasteiger partial charge on any atom is 0.306 e. The van der Waals surface area contributed by atoms with Crippen LogP contribution in [0.5, 0.6) is 0 Å². The van der Waals surface area contributed by atoms with Crippen LogP contribution in [-0.4, -0.2) is 37.2 Å². The highest BCUT2D eigenvalue weighted by molar-refractivity contribution is 5.71. The molecule has 0 aliphatic rings. The maximum absolute atomic E-state index is 12.8. The average molecular weight is 943 g/mol. The summed E-state index contributed by atoms with van der Waals surface area (Å²) in [6.07, 6.45) is 74.9. The number of hydrogen-bond acceptors (Lipinski definition) is 6. The highest BCUT2D eigenvalue weighted by atomic mass is 16.6. The first kappa shape index (κ1) is 64.1. The van der Waals surface area contributed by atoms with E-state index in [4.69, 9.17) is 14.2 Å². The van der Waals surface area contributed by atoms with Crippen LogP contribution < -0.4 is 0 Å². The minimum Gasteiger partial charge on any atom is -0.462 e. The molecule has 0 aromatic rings. The molecule has 0 bridgehead atoms. The Kier molecular flexibility index (Phi) is 52.4. The molecular formula is C62H102O6. The molecular weight excluding hydrogens is 841 g/mol. The third-order valence-corrected chi connectivity index (χ3v) is 11.6. The van der Waals surface area contributed by atoms with Crippen molar-refractivity contribution in [2.24, 2.45) is 0 Å². The number of ether oxygens (including phenoxy) is 3. The van der Waals surface area contributed by atoms with Gasteiger partial charge in [-0.2, -0.15) is 0 Å². The quantitative estimate of drug-likeness (QED) is 0.0199. The Morgan fingerprint density at radius 3 is 1.04 bits per heavy atom. The molecule has 0 rings (SSSR count). The van der Waals surface area contributed by atoms with Crippen molar-refractivity contribution in [1.82, 2.24) is 0 Å². The van der Waals surface area contributed by atoms with Crippen LogP contribution in [0, 0.1) is 0 Å². The number of esters is 3. The molecule has 6 heteroatoms. The SMILES string of the molecule is CC/C=C\C/C=C\CCCCCCCCCC(=O)OCC(COC(=O)CCCCCCC\C=C/C=C\C=C/C=C\CCCCC)OC(=O)CCCCCCC\C=C/C=C\C=C/CCCCCCC. The zero-order valence-electron chi connectivity index (χ0n) is 44.1. The van der Waals surface area contributed by atoms with Crippen LogP contribution in [-0.2, 0) is 28.6 Å². The molecule has 68 heavy (non-hydrogen) atoms. The Hall–Kier alpha value is -3.93. The van der Waals surface area contributed by atoms with Gasteiger partial charge in [0.05, 0.1) is 0 Å². The molecule has 0 aromatic heterocycles. The van der Waals surface area contributed by atoms with Gasteiger partial charge in [-0.3, -0.25) is 14.4 Å². The molecule has 0 spiro atoms. The van der Waals surface area contributed by atoms with Gasteiger partial charge < -0.3 is 14.2 Å². The smallest absolute Gasteiger partial charge is 0.306 e. The molecule has 0 amide bonds. The molecule has 0 N–H and O–H groups in total. The predicted octanol–water partition coefficient (Wildman–Crippen LogP) is 18.7. The Morgan fingerprint density at radius 2 is 0.632 bits per heavy atom. The molecule has 0 saturated heterocycles. The summed E-state index contributed by atoms with van der Waals surface area (Å²) in [5, 5.41) is 0. The lowest BCUT2D eigenvalue weighted by molar-refractivity contribution is -0.167. The summed E-state index contributed by atoms with van der Waals surface area (Å²) < 4.78 is 16.8. The maximum atomic E-state index is 12.8. The summed E-state index contributed by atoms with van der Waals surface area (Å²) in [5.41, 5.74) is 0. The Labute approximate surface area is 419 Å². The summed E-state index contributed by atoms with van der Waals surface area (Å²) in [7, 11) is 0. The Morgan fingerprint density at radius 1 is 0.324 bits per heavy atom. The van der Waals surface area contributed by atoms with Crippen molar-refractivity contribution >= 4 is 17.9 Å². The first-order valence-electron chi connectivity index (χ1n) is 28.0. The minimum atomic E-state index is -0.805. The molecule has 1 unspecified atom stereocenters. The molecule has 6 nitrogen and oxygen atoms in total. The van der Waals surface area contributed by atoms with Crippen LogP contribution in [0.4, 0.5) is 0 Å². The molecule has 0 aliphatic carbocycles. The van der Waals surface area contributed by atoms with Crippen molar-refractivity contribution in [3.05, 3.63) is 109 Å². The van der Waals surface area contributed by atoms with Gasteiger partial charge in [0.25, 0.3) is 0 Å². The molecule has 1 atom stereocenters. The van der Waals surface area contributed by atoms with Gasteiger partial charge in [0, 0.05) is 19.3 Å². The van der Waals surface area contributed by atoms with E-state index < -0.39 is 6.10 Å². The normalized spacial score (nSPS) is 12.9. The zero-order chi connectivity index (χ0) is 49.3. The summed E-state index contributed by atoms with van der Waals surface area (Å²) >= 11 is 0. The number of rotatable bonds is 49. The van der Waals surface area contributed by atoms with Gasteiger partial charge in [0.15, 0.2) is 6.10 Å². The van der Waals surface area contributed by atoms with E-state index in [-0.39, 0.29) is 31.1 Å². The lowest BCUT2D eigenvalue weighted by atomic mass is 10.1. The van der Waals surface area contributed by atoms with Gasteiger partial charge >= 0.3 is 17.9 Å². The fourth-order valence-electron chi connectivity index (χ4n) is 7.43. The van der Waals surface area contributed by atoms with Crippen LogP contribution in [0.1, 0.15) is 245 Å². The fourth-order valence-corrected chi connectivity index (χ4v) is 7.43. The molecule has 0 aliphatic heterocycles. The third-order valence-electron chi connectivity index (χ3n) is 11.6. The monoisotopic (exact) mass is 943 g/mol. The van der Waals surface area contributed by atoms with E-state index in [1.165, 1.54) is 77.0 Å². The topological polar surface area (TPSA) is 78.9 Å². The van der Waals surface area contributed by atoms with E-state index in [1.54, 1.807) is 0 Å². The summed E-state index contributed by atoms with van der Waals surface area (Å²) in [6.45, 7) is 6.43. The number of carbonyl (C=O) groups is 3. The van der Waals surface area contributed by atoms with Crippen LogP contribution >= 0.6 is 0 Å². The van der Waals surface area contributed by atoms with E-state index in [2.05, 4.69) is 130 Å². The molecule has 0 saturated carbocycles. The van der Waals surface area contributed by atoms with E-state index >= 15 is 0 Å². The highest BCUT2D eigenvalue weighted by Crippen LogP contribution is 2.14. The number of allylic oxidation sites excluding steroid dienone is 18. The minimum absolute atomic E-state index is 0.100. The second kappa shape index (κ2) is 55.7. The Balaban J connectivity index is 4.50. The average Bonchev–Trinajstić information content (AvgIpc) is 3.34. The predicted molar refractivity (Wildman–Crippen MR) is 293 cm³/mol. The van der Waals surface area contributed by atoms with Crippen LogP contribution in [0.15, 0.2) is 109 Å². The number of hydrogen-bond donors (Lipinski definition) is 0. The van der Waals surface area contributed by atoms with Gasteiger partial charge in [-0.05, 0) is 96.3 Å². The van der Waals surface area contributed by atoms with Gasteiger partial charge in [0.1, 0.15) is 13.2 Å². The van der Waals surface area contributed by atoms with E-state index in [0.717, 1.165) is 128 Å². The summed E-state index contributed by atoms with van der Waals surface area (Å²) in [6, 6.07) is 0. The molecule has 386 valence electrons. The van der Waals surface area contributed by atoms with Crippen molar-refractivity contribution in [2.45, 2.75) is 252 Å². The van der Waals surface area contributed by atoms with Crippen molar-refractivity contribution in [3.63, 3.8) is 0 Å². The van der Waals surface area contributed by atoms with Crippen molar-refractivity contribution in [1.29, 1.82) is 0 Å². The van der Waals surface area contributed by atoms with Gasteiger partial charge in [0.2, 0.25) is 0 Å². The van der Waals surface area contributed by atoms with E-state index in [9.17, 15) is 14.4 Å². The lowest BCUT2D eigenvalue weighted by Gasteiger charge is -2.18. The molecule has 0 radical (unpaired) electrons. The van der Waals surface area contributed by atoms with Crippen LogP contribution in [0.25, 0.3) is 0 Å². The van der Waals surface area contributed by atoms with Crippen molar-refractivity contribution < 1.29 is 28.6 Å². The highest BCUT2D eigenvalue weighted by Gasteiger charge is 2.19. The fraction of sp³-hybridized carbons (Fsp3) is 0.661. The van der Waals surface area contributed by atoms with Crippen LogP contribution in [0.3, 0.4) is 0 Å². The van der Waals surface area contributed by atoms with E-state index in [0.29, 0.717) is 19.3 Å². The van der Waals surface area contributed by atoms with Crippen molar-refractivity contribution in [2.75, 3.05) is 13.2 Å². The van der Waals surface area contributed by atoms with Gasteiger partial charge in [-0.25, -0.2) is 0 Å². The lowest BCUT2D eigenvalue weighted by Crippen LogP contribution is -2.30. The van der Waals surface area contributed by atoms with Gasteiger partial charge in [-0.15, -0.1) is 0 Å². The standard InChI is InChI=1S/C62H102O6/c1-4-7-10-13-16-19-22-25-28-30-32-34-37-40-43-46-49-52-55-61(64)67-58-59(57-66-60(63)54-51-48-45-42-39-36-27-24-21-18-15-12-9-6-3)68-62(65)56-53-50-47-44-41-38-35-33-31-29-26-23-20-17-14-11-8-5-2/h9,12,16,18-19,21-23,25-26,28-35,59H,4-8,10-11,13-15,17,20,24,27,36-58H2,1-3H3/b12-9-,19-16-,21-18-,25-22-,26-23-,30-28-,31-29-,34-32-,35-33-. The second-order valence-corrected chi connectivity index (χ2v) is 18.3. The molecule has 0 heterocycles. The molecule has 0 aromatic carbocycles. The summed E-state index contributed by atoms with van der Waals surface area (Å²) in [4.78, 5) is 38.1. The largest absolute Gasteiger partial charge is 0.462 e. The van der Waals surface area contributed by atoms with Gasteiger partial charge in [-0.1, -0.05) is 239 Å². The van der Waals surface area contributed by atoms with Crippen LogP contribution in [0.2, 0.25) is 0 Å². The zero-order valence-corrected chi connectivity index (χ0v) is 44.1. The van der Waals surface area contributed by atoms with Crippen molar-refractivity contribution in [3.8, 4) is 0 Å². The third kappa shape index (κ3) is 53.0. The first-order chi connectivity index (χ1) is 33.5. The second-order valence-electron chi connectivity index (χ2n) is 18.3. The Bertz CT molecular complexity index is 1410. The number of carbonyl (C=O) groups excluding carboxylic acids is 3. The summed E-state index contributed by atoms with van der Waals surface area (Å²) in [5.74, 6) is -0.952. The molecule has 0 fully saturated rings. The van der Waals surface area contributed by atoms with E-state index in [1.807, 2.05) is 0 Å². The number of unbranched alkanes of at least 4 members (excludes halogenated alkanes) is 25.